The van der Waals surface area contributed by atoms with Crippen molar-refractivity contribution in [2.24, 2.45) is 0 Å². The fraction of sp³-hybridized carbons (Fsp3) is 0.351. The van der Waals surface area contributed by atoms with Crippen molar-refractivity contribution in [3.8, 4) is 11.5 Å². The number of hydrogen-bond acceptors (Lipinski definition) is 3. The summed E-state index contributed by atoms with van der Waals surface area (Å²) in [7, 11) is -1.51. The molecule has 0 radical (unpaired) electrons. The Morgan fingerprint density at radius 1 is 0.610 bits per heavy atom. The highest BCUT2D eigenvalue weighted by molar-refractivity contribution is 7.45. The van der Waals surface area contributed by atoms with Gasteiger partial charge in [0.05, 0.1) is 0 Å². The van der Waals surface area contributed by atoms with Gasteiger partial charge in [0.15, 0.2) is 0 Å². The van der Waals surface area contributed by atoms with Gasteiger partial charge >= 0.3 is 8.53 Å². The van der Waals surface area contributed by atoms with Crippen LogP contribution in [0.15, 0.2) is 84.9 Å². The molecule has 5 rings (SSSR count). The van der Waals surface area contributed by atoms with Crippen LogP contribution in [0.5, 0.6) is 11.5 Å². The summed E-state index contributed by atoms with van der Waals surface area (Å²) in [6.45, 7) is 19.5. The number of rotatable bonds is 5. The van der Waals surface area contributed by atoms with Crippen molar-refractivity contribution in [1.29, 1.82) is 0 Å². The van der Waals surface area contributed by atoms with Gasteiger partial charge in [0, 0.05) is 30.6 Å². The molecule has 214 valence electrons. The van der Waals surface area contributed by atoms with Gasteiger partial charge in [-0.25, -0.2) is 4.67 Å². The van der Waals surface area contributed by atoms with Crippen LogP contribution in [0.2, 0.25) is 0 Å². The van der Waals surface area contributed by atoms with Crippen LogP contribution in [0.4, 0.5) is 0 Å². The van der Waals surface area contributed by atoms with E-state index in [2.05, 4.69) is 145 Å². The van der Waals surface area contributed by atoms with Crippen molar-refractivity contribution in [3.63, 3.8) is 0 Å². The Bertz CT molecular complexity index is 1390. The third kappa shape index (κ3) is 6.85. The molecule has 1 heterocycles. The molecule has 41 heavy (non-hydrogen) atoms. The molecule has 0 bridgehead atoms. The zero-order valence-electron chi connectivity index (χ0n) is 25.9. The maximum Gasteiger partial charge on any atom is 0.385 e. The van der Waals surface area contributed by atoms with Gasteiger partial charge < -0.3 is 9.05 Å². The monoisotopic (exact) mass is 565 g/mol. The van der Waals surface area contributed by atoms with Gasteiger partial charge in [-0.15, -0.1) is 0 Å². The number of benzene rings is 4. The second kappa shape index (κ2) is 11.6. The van der Waals surface area contributed by atoms with E-state index in [9.17, 15) is 0 Å². The van der Waals surface area contributed by atoms with Gasteiger partial charge in [-0.1, -0.05) is 138 Å². The lowest BCUT2D eigenvalue weighted by molar-refractivity contribution is 0.331. The van der Waals surface area contributed by atoms with Crippen LogP contribution < -0.4 is 9.05 Å². The number of fused-ring (bicyclic) bond motifs is 2. The smallest absolute Gasteiger partial charge is 0.385 e. The van der Waals surface area contributed by atoms with E-state index in [0.29, 0.717) is 0 Å². The summed E-state index contributed by atoms with van der Waals surface area (Å²) in [5.41, 5.74) is 9.77. The van der Waals surface area contributed by atoms with Crippen molar-refractivity contribution in [3.05, 3.63) is 129 Å². The molecule has 0 saturated heterocycles. The molecule has 0 spiro atoms. The highest BCUT2D eigenvalue weighted by Gasteiger charge is 2.35. The molecule has 0 unspecified atom stereocenters. The molecule has 1 aliphatic heterocycles. The van der Waals surface area contributed by atoms with Crippen molar-refractivity contribution in [1.82, 2.24) is 4.67 Å². The first-order valence-corrected chi connectivity index (χ1v) is 15.8. The normalized spacial score (nSPS) is 14.0. The summed E-state index contributed by atoms with van der Waals surface area (Å²) in [6, 6.07) is 30.5. The topological polar surface area (TPSA) is 21.7 Å². The maximum atomic E-state index is 7.18. The van der Waals surface area contributed by atoms with E-state index in [1.54, 1.807) is 0 Å². The molecule has 1 aliphatic rings. The minimum Gasteiger partial charge on any atom is -0.426 e. The predicted molar refractivity (Wildman–Crippen MR) is 173 cm³/mol. The quantitative estimate of drug-likeness (QED) is 0.225. The lowest BCUT2D eigenvalue weighted by Gasteiger charge is -2.36. The lowest BCUT2D eigenvalue weighted by Crippen LogP contribution is -2.26. The Hall–Kier alpha value is -3.13. The van der Waals surface area contributed by atoms with E-state index in [0.717, 1.165) is 31.0 Å². The van der Waals surface area contributed by atoms with Crippen LogP contribution in [0, 0.1) is 13.8 Å². The second-order valence-electron chi connectivity index (χ2n) is 13.5. The fourth-order valence-electron chi connectivity index (χ4n) is 5.54. The zero-order valence-corrected chi connectivity index (χ0v) is 26.8. The van der Waals surface area contributed by atoms with Gasteiger partial charge in [-0.3, -0.25) is 0 Å². The summed E-state index contributed by atoms with van der Waals surface area (Å²) in [5, 5.41) is 0. The molecule has 4 aromatic rings. The SMILES string of the molecule is Cc1cc2c(c(C(C)(C)C)c1)OP(N(Cc1ccccc1)Cc1ccccc1)Oc1c(cc(C)cc1C(C)(C)C)C2. The van der Waals surface area contributed by atoms with Crippen molar-refractivity contribution >= 4 is 8.53 Å². The Morgan fingerprint density at radius 2 is 1.00 bits per heavy atom. The van der Waals surface area contributed by atoms with E-state index in [1.807, 2.05) is 0 Å². The first kappa shape index (κ1) is 29.4. The van der Waals surface area contributed by atoms with Crippen molar-refractivity contribution in [2.45, 2.75) is 85.7 Å². The van der Waals surface area contributed by atoms with Crippen LogP contribution in [0.25, 0.3) is 0 Å². The molecule has 4 aromatic carbocycles. The molecular formula is C37H44NO2P. The van der Waals surface area contributed by atoms with E-state index >= 15 is 0 Å². The highest BCUT2D eigenvalue weighted by Crippen LogP contribution is 2.54. The fourth-order valence-corrected chi connectivity index (χ4v) is 7.11. The second-order valence-corrected chi connectivity index (χ2v) is 14.9. The maximum absolute atomic E-state index is 7.18. The Balaban J connectivity index is 1.72. The summed E-state index contributed by atoms with van der Waals surface area (Å²) in [5.74, 6) is 1.95. The van der Waals surface area contributed by atoms with Crippen molar-refractivity contribution < 1.29 is 9.05 Å². The van der Waals surface area contributed by atoms with Gasteiger partial charge in [0.25, 0.3) is 0 Å². The van der Waals surface area contributed by atoms with Gasteiger partial charge in [-0.05, 0) is 46.9 Å². The first-order chi connectivity index (χ1) is 19.4. The van der Waals surface area contributed by atoms with E-state index < -0.39 is 8.53 Å². The van der Waals surface area contributed by atoms with Crippen LogP contribution in [0.3, 0.4) is 0 Å². The lowest BCUT2D eigenvalue weighted by atomic mass is 9.81. The largest absolute Gasteiger partial charge is 0.426 e. The van der Waals surface area contributed by atoms with E-state index in [-0.39, 0.29) is 10.8 Å². The van der Waals surface area contributed by atoms with E-state index in [1.165, 1.54) is 44.5 Å². The molecule has 0 fully saturated rings. The number of aryl methyl sites for hydroxylation is 2. The minimum absolute atomic E-state index is 0.0774. The highest BCUT2D eigenvalue weighted by atomic mass is 31.2. The van der Waals surface area contributed by atoms with Gasteiger partial charge in [0.2, 0.25) is 0 Å². The van der Waals surface area contributed by atoms with Crippen LogP contribution in [-0.4, -0.2) is 4.67 Å². The summed E-state index contributed by atoms with van der Waals surface area (Å²) in [4.78, 5) is 0. The summed E-state index contributed by atoms with van der Waals surface area (Å²) < 4.78 is 16.7. The molecule has 0 aliphatic carbocycles. The standard InChI is InChI=1S/C37H44NO2P/c1-26-19-30-23-31-20-27(2)22-33(37(6,7)8)35(31)40-41(39-34(30)32(21-26)36(3,4)5)38(24-28-15-11-9-12-16-28)25-29-17-13-10-14-18-29/h9-22H,23-25H2,1-8H3. The average molecular weight is 566 g/mol. The molecule has 3 nitrogen and oxygen atoms in total. The van der Waals surface area contributed by atoms with Crippen molar-refractivity contribution in [2.75, 3.05) is 0 Å². The number of hydrogen-bond donors (Lipinski definition) is 0. The molecular weight excluding hydrogens is 521 g/mol. The number of nitrogens with zero attached hydrogens (tertiary/aromatic N) is 1. The molecule has 4 heteroatoms. The molecule has 0 N–H and O–H groups in total. The zero-order chi connectivity index (χ0) is 29.4. The van der Waals surface area contributed by atoms with Crippen LogP contribution in [-0.2, 0) is 30.3 Å². The predicted octanol–water partition coefficient (Wildman–Crippen LogP) is 10.2. The summed E-state index contributed by atoms with van der Waals surface area (Å²) >= 11 is 0. The average Bonchev–Trinajstić information content (AvgIpc) is 2.89. The van der Waals surface area contributed by atoms with Crippen LogP contribution in [0.1, 0.15) is 86.1 Å². The minimum atomic E-state index is -1.51. The summed E-state index contributed by atoms with van der Waals surface area (Å²) in [6.07, 6.45) is 0.779. The van der Waals surface area contributed by atoms with E-state index in [4.69, 9.17) is 9.05 Å². The van der Waals surface area contributed by atoms with Gasteiger partial charge in [-0.2, -0.15) is 0 Å². The van der Waals surface area contributed by atoms with Crippen LogP contribution >= 0.6 is 8.53 Å². The Morgan fingerprint density at radius 3 is 1.37 bits per heavy atom. The molecule has 0 amide bonds. The Labute approximate surface area is 248 Å². The molecule has 0 atom stereocenters. The Kier molecular flexibility index (Phi) is 8.33. The third-order valence-corrected chi connectivity index (χ3v) is 9.03. The molecule has 0 aromatic heterocycles. The van der Waals surface area contributed by atoms with Gasteiger partial charge in [0.1, 0.15) is 11.5 Å². The first-order valence-electron chi connectivity index (χ1n) is 14.7. The molecule has 0 saturated carbocycles. The third-order valence-electron chi connectivity index (χ3n) is 7.60.